The second-order valence-corrected chi connectivity index (χ2v) is 3.65. The molecule has 1 amide bonds. The topological polar surface area (TPSA) is 60.9 Å². The molecule has 0 aliphatic carbocycles. The minimum atomic E-state index is -0.491. The zero-order chi connectivity index (χ0) is 11.5. The maximum absolute atomic E-state index is 11.0. The summed E-state index contributed by atoms with van der Waals surface area (Å²) in [5.74, 6) is 0.299. The fourth-order valence-corrected chi connectivity index (χ4v) is 1.57. The minimum Gasteiger partial charge on any atom is -0.364 e. The van der Waals surface area contributed by atoms with E-state index in [-0.39, 0.29) is 0 Å². The van der Waals surface area contributed by atoms with Gasteiger partial charge in [-0.15, -0.1) is 0 Å². The summed E-state index contributed by atoms with van der Waals surface area (Å²) in [6, 6.07) is 10.00. The second kappa shape index (κ2) is 4.18. The van der Waals surface area contributed by atoms with E-state index in [0.717, 1.165) is 5.82 Å². The maximum Gasteiger partial charge on any atom is 0.268 e. The third kappa shape index (κ3) is 2.11. The molecule has 1 aromatic carbocycles. The van der Waals surface area contributed by atoms with Crippen LogP contribution in [-0.4, -0.2) is 15.5 Å². The van der Waals surface area contributed by atoms with Crippen molar-refractivity contribution in [2.24, 2.45) is 5.73 Å². The molecule has 0 fully saturated rings. The van der Waals surface area contributed by atoms with Crippen LogP contribution in [0, 0.1) is 6.92 Å². The normalized spacial score (nSPS) is 10.3. The van der Waals surface area contributed by atoms with Gasteiger partial charge in [-0.05, 0) is 12.5 Å². The van der Waals surface area contributed by atoms with Crippen molar-refractivity contribution in [1.29, 1.82) is 0 Å². The summed E-state index contributed by atoms with van der Waals surface area (Å²) in [7, 11) is 0. The highest BCUT2D eigenvalue weighted by Crippen LogP contribution is 2.07. The minimum absolute atomic E-state index is 0.313. The number of carbonyl (C=O) groups is 1. The van der Waals surface area contributed by atoms with Crippen molar-refractivity contribution in [2.45, 2.75) is 13.5 Å². The molecule has 4 nitrogen and oxygen atoms in total. The van der Waals surface area contributed by atoms with E-state index < -0.39 is 5.91 Å². The summed E-state index contributed by atoms with van der Waals surface area (Å²) in [5, 5.41) is 0. The zero-order valence-corrected chi connectivity index (χ0v) is 9.05. The molecule has 16 heavy (non-hydrogen) atoms. The molecule has 0 radical (unpaired) electrons. The lowest BCUT2D eigenvalue weighted by Gasteiger charge is -2.03. The molecule has 1 aromatic heterocycles. The molecule has 2 N–H and O–H groups in total. The number of imidazole rings is 1. The SMILES string of the molecule is Cc1nc(C(N)=O)cn1Cc1ccccc1. The Balaban J connectivity index is 2.25. The van der Waals surface area contributed by atoms with Gasteiger partial charge in [0.05, 0.1) is 0 Å². The van der Waals surface area contributed by atoms with Gasteiger partial charge in [-0.2, -0.15) is 0 Å². The fourth-order valence-electron chi connectivity index (χ4n) is 1.57. The van der Waals surface area contributed by atoms with Gasteiger partial charge in [0.1, 0.15) is 11.5 Å². The molecule has 82 valence electrons. The lowest BCUT2D eigenvalue weighted by Crippen LogP contribution is -2.11. The van der Waals surface area contributed by atoms with E-state index >= 15 is 0 Å². The van der Waals surface area contributed by atoms with Crippen LogP contribution >= 0.6 is 0 Å². The number of benzene rings is 1. The third-order valence-corrected chi connectivity index (χ3v) is 2.42. The molecule has 0 unspecified atom stereocenters. The van der Waals surface area contributed by atoms with Crippen molar-refractivity contribution in [3.63, 3.8) is 0 Å². The average molecular weight is 215 g/mol. The first-order chi connectivity index (χ1) is 7.66. The first-order valence-corrected chi connectivity index (χ1v) is 5.04. The highest BCUT2D eigenvalue weighted by atomic mass is 16.1. The van der Waals surface area contributed by atoms with Gasteiger partial charge in [0.15, 0.2) is 0 Å². The van der Waals surface area contributed by atoms with Crippen molar-refractivity contribution in [3.8, 4) is 0 Å². The smallest absolute Gasteiger partial charge is 0.268 e. The maximum atomic E-state index is 11.0. The molecule has 1 heterocycles. The van der Waals surface area contributed by atoms with Crippen LogP contribution in [0.15, 0.2) is 36.5 Å². The predicted molar refractivity (Wildman–Crippen MR) is 61.0 cm³/mol. The molecule has 4 heteroatoms. The van der Waals surface area contributed by atoms with Gasteiger partial charge >= 0.3 is 0 Å². The van der Waals surface area contributed by atoms with Gasteiger partial charge in [-0.1, -0.05) is 30.3 Å². The van der Waals surface area contributed by atoms with Crippen LogP contribution in [-0.2, 0) is 6.54 Å². The average Bonchev–Trinajstić information content (AvgIpc) is 2.62. The molecular weight excluding hydrogens is 202 g/mol. The van der Waals surface area contributed by atoms with Crippen molar-refractivity contribution < 1.29 is 4.79 Å². The highest BCUT2D eigenvalue weighted by Gasteiger charge is 2.08. The van der Waals surface area contributed by atoms with E-state index in [9.17, 15) is 4.79 Å². The third-order valence-electron chi connectivity index (χ3n) is 2.42. The summed E-state index contributed by atoms with van der Waals surface area (Å²) in [5.41, 5.74) is 6.65. The largest absolute Gasteiger partial charge is 0.364 e. The van der Waals surface area contributed by atoms with Gasteiger partial charge in [0.25, 0.3) is 5.91 Å². The van der Waals surface area contributed by atoms with Gasteiger partial charge in [-0.3, -0.25) is 4.79 Å². The molecule has 0 aliphatic heterocycles. The quantitative estimate of drug-likeness (QED) is 0.839. The molecule has 2 rings (SSSR count). The highest BCUT2D eigenvalue weighted by molar-refractivity contribution is 5.90. The number of rotatable bonds is 3. The first-order valence-electron chi connectivity index (χ1n) is 5.04. The van der Waals surface area contributed by atoms with E-state index in [1.807, 2.05) is 41.8 Å². The fraction of sp³-hybridized carbons (Fsp3) is 0.167. The molecule has 0 aliphatic rings. The number of nitrogens with zero attached hydrogens (tertiary/aromatic N) is 2. The lowest BCUT2D eigenvalue weighted by molar-refractivity contribution is 0.0996. The Kier molecular flexibility index (Phi) is 2.72. The molecule has 0 saturated carbocycles. The predicted octanol–water partition coefficient (Wildman–Crippen LogP) is 1.34. The van der Waals surface area contributed by atoms with Crippen LogP contribution in [0.5, 0.6) is 0 Å². The standard InChI is InChI=1S/C12H13N3O/c1-9-14-11(12(13)16)8-15(9)7-10-5-3-2-4-6-10/h2-6,8H,7H2,1H3,(H2,13,16). The van der Waals surface area contributed by atoms with Crippen LogP contribution in [0.4, 0.5) is 0 Å². The van der Waals surface area contributed by atoms with E-state index in [1.165, 1.54) is 5.56 Å². The van der Waals surface area contributed by atoms with Gasteiger partial charge in [0.2, 0.25) is 0 Å². The number of aryl methyl sites for hydroxylation is 1. The Morgan fingerprint density at radius 2 is 2.06 bits per heavy atom. The van der Waals surface area contributed by atoms with E-state index in [0.29, 0.717) is 12.2 Å². The first kappa shape index (κ1) is 10.4. The number of primary amides is 1. The Bertz CT molecular complexity index is 502. The Hall–Kier alpha value is -2.10. The molecule has 0 spiro atoms. The Morgan fingerprint density at radius 1 is 1.38 bits per heavy atom. The second-order valence-electron chi connectivity index (χ2n) is 3.65. The number of hydrogen-bond donors (Lipinski definition) is 1. The van der Waals surface area contributed by atoms with Crippen LogP contribution in [0.25, 0.3) is 0 Å². The van der Waals surface area contributed by atoms with Crippen molar-refractivity contribution >= 4 is 5.91 Å². The van der Waals surface area contributed by atoms with Crippen molar-refractivity contribution in [1.82, 2.24) is 9.55 Å². The lowest BCUT2D eigenvalue weighted by atomic mass is 10.2. The van der Waals surface area contributed by atoms with Crippen molar-refractivity contribution in [3.05, 3.63) is 53.6 Å². The number of aromatic nitrogens is 2. The Labute approximate surface area is 93.7 Å². The summed E-state index contributed by atoms with van der Waals surface area (Å²) in [6.07, 6.45) is 1.69. The van der Waals surface area contributed by atoms with Gasteiger partial charge in [0, 0.05) is 12.7 Å². The number of nitrogens with two attached hydrogens (primary N) is 1. The molecular formula is C12H13N3O. The van der Waals surface area contributed by atoms with Crippen LogP contribution in [0.1, 0.15) is 21.9 Å². The van der Waals surface area contributed by atoms with Crippen LogP contribution < -0.4 is 5.73 Å². The van der Waals surface area contributed by atoms with Crippen molar-refractivity contribution in [2.75, 3.05) is 0 Å². The Morgan fingerprint density at radius 3 is 2.62 bits per heavy atom. The van der Waals surface area contributed by atoms with Gasteiger partial charge in [-0.25, -0.2) is 4.98 Å². The molecule has 2 aromatic rings. The molecule has 0 saturated heterocycles. The molecule has 0 atom stereocenters. The summed E-state index contributed by atoms with van der Waals surface area (Å²) < 4.78 is 1.91. The number of carbonyl (C=O) groups excluding carboxylic acids is 1. The van der Waals surface area contributed by atoms with Gasteiger partial charge < -0.3 is 10.3 Å². The molecule has 0 bridgehead atoms. The number of amides is 1. The van der Waals surface area contributed by atoms with Crippen LogP contribution in [0.2, 0.25) is 0 Å². The van der Waals surface area contributed by atoms with E-state index in [1.54, 1.807) is 6.20 Å². The monoisotopic (exact) mass is 215 g/mol. The summed E-state index contributed by atoms with van der Waals surface area (Å²) in [6.45, 7) is 2.56. The number of hydrogen-bond acceptors (Lipinski definition) is 2. The van der Waals surface area contributed by atoms with E-state index in [2.05, 4.69) is 4.98 Å². The summed E-state index contributed by atoms with van der Waals surface area (Å²) in [4.78, 5) is 15.1. The van der Waals surface area contributed by atoms with E-state index in [4.69, 9.17) is 5.73 Å². The summed E-state index contributed by atoms with van der Waals surface area (Å²) >= 11 is 0. The zero-order valence-electron chi connectivity index (χ0n) is 9.05. The van der Waals surface area contributed by atoms with Crippen LogP contribution in [0.3, 0.4) is 0 Å².